The minimum absolute atomic E-state index is 0.113. The Morgan fingerprint density at radius 2 is 1.81 bits per heavy atom. The van der Waals surface area contributed by atoms with Gasteiger partial charge >= 0.3 is 0 Å². The number of likely N-dealkylation sites (tertiary alicyclic amines) is 1. The van der Waals surface area contributed by atoms with Gasteiger partial charge in [0.25, 0.3) is 5.91 Å². The number of rotatable bonds is 5. The van der Waals surface area contributed by atoms with E-state index in [-0.39, 0.29) is 12.5 Å². The van der Waals surface area contributed by atoms with E-state index in [1.165, 1.54) is 6.07 Å². The topological polar surface area (TPSA) is 47.0 Å². The van der Waals surface area contributed by atoms with Crippen molar-refractivity contribution in [2.24, 2.45) is 5.92 Å². The Labute approximate surface area is 159 Å². The fourth-order valence-corrected chi connectivity index (χ4v) is 4.34. The van der Waals surface area contributed by atoms with Crippen LogP contribution in [0.2, 0.25) is 0 Å². The molecule has 2 saturated heterocycles. The van der Waals surface area contributed by atoms with Crippen molar-refractivity contribution in [2.45, 2.75) is 25.3 Å². The largest absolute Gasteiger partial charge is 0.396 e. The summed E-state index contributed by atoms with van der Waals surface area (Å²) in [6.07, 6.45) is 2.27. The molecule has 0 saturated carbocycles. The van der Waals surface area contributed by atoms with E-state index >= 15 is 0 Å². The molecular weight excluding hydrogens is 352 g/mol. The van der Waals surface area contributed by atoms with E-state index < -0.39 is 23.1 Å². The maximum absolute atomic E-state index is 14.0. The zero-order valence-electron chi connectivity index (χ0n) is 15.9. The number of piperazine rings is 1. The third-order valence-corrected chi connectivity index (χ3v) is 5.90. The van der Waals surface area contributed by atoms with Gasteiger partial charge in [0.05, 0.1) is 0 Å². The molecule has 150 valence electrons. The Bertz CT molecular complexity index is 630. The highest BCUT2D eigenvalue weighted by atomic mass is 19.1. The Balaban J connectivity index is 1.72. The van der Waals surface area contributed by atoms with Crippen LogP contribution >= 0.6 is 0 Å². The van der Waals surface area contributed by atoms with Crippen molar-refractivity contribution in [2.75, 3.05) is 52.9 Å². The number of carbonyl (C=O) groups is 1. The number of benzene rings is 1. The molecule has 0 aromatic heterocycles. The second-order valence-electron chi connectivity index (χ2n) is 7.67. The van der Waals surface area contributed by atoms with Gasteiger partial charge in [-0.25, -0.2) is 8.78 Å². The molecule has 0 spiro atoms. The number of hydrogen-bond acceptors (Lipinski definition) is 4. The predicted molar refractivity (Wildman–Crippen MR) is 99.5 cm³/mol. The van der Waals surface area contributed by atoms with Crippen molar-refractivity contribution in [3.05, 3.63) is 35.4 Å². The molecular formula is C20H29F2N3O2. The van der Waals surface area contributed by atoms with Crippen LogP contribution in [0.3, 0.4) is 0 Å². The number of halogens is 2. The van der Waals surface area contributed by atoms with Gasteiger partial charge in [0.15, 0.2) is 0 Å². The van der Waals surface area contributed by atoms with Gasteiger partial charge < -0.3 is 14.9 Å². The number of hydrogen-bond donors (Lipinski definition) is 1. The van der Waals surface area contributed by atoms with Gasteiger partial charge in [0.2, 0.25) is 0 Å². The van der Waals surface area contributed by atoms with Crippen LogP contribution < -0.4 is 0 Å². The average Bonchev–Trinajstić information content (AvgIpc) is 2.66. The van der Waals surface area contributed by atoms with Crippen LogP contribution in [0.1, 0.15) is 29.6 Å². The molecule has 2 heterocycles. The highest BCUT2D eigenvalue weighted by Gasteiger charge is 2.36. The van der Waals surface area contributed by atoms with E-state index in [1.807, 2.05) is 0 Å². The third kappa shape index (κ3) is 4.65. The first-order valence-electron chi connectivity index (χ1n) is 9.78. The molecule has 3 rings (SSSR count). The van der Waals surface area contributed by atoms with Gasteiger partial charge in [-0.3, -0.25) is 9.69 Å². The number of carbonyl (C=O) groups excluding carboxylic acids is 1. The van der Waals surface area contributed by atoms with Crippen molar-refractivity contribution >= 4 is 5.91 Å². The van der Waals surface area contributed by atoms with Gasteiger partial charge in [-0.2, -0.15) is 0 Å². The van der Waals surface area contributed by atoms with E-state index in [1.54, 1.807) is 4.90 Å². The molecule has 7 heteroatoms. The van der Waals surface area contributed by atoms with Crippen molar-refractivity contribution in [1.29, 1.82) is 0 Å². The van der Waals surface area contributed by atoms with Crippen molar-refractivity contribution in [3.63, 3.8) is 0 Å². The summed E-state index contributed by atoms with van der Waals surface area (Å²) in [5.41, 5.74) is -0.462. The van der Waals surface area contributed by atoms with E-state index in [9.17, 15) is 18.7 Å². The minimum Gasteiger partial charge on any atom is -0.396 e. The second kappa shape index (κ2) is 9.08. The van der Waals surface area contributed by atoms with Gasteiger partial charge in [0, 0.05) is 51.9 Å². The number of amides is 1. The zero-order chi connectivity index (χ0) is 19.4. The van der Waals surface area contributed by atoms with E-state index in [4.69, 9.17) is 0 Å². The quantitative estimate of drug-likeness (QED) is 0.845. The number of aliphatic hydroxyl groups is 1. The molecule has 5 nitrogen and oxygen atoms in total. The van der Waals surface area contributed by atoms with E-state index in [0.717, 1.165) is 51.2 Å². The maximum atomic E-state index is 14.0. The standard InChI is InChI=1S/C20H29F2N3O2/c1-23-9-11-24(12-10-23)18-7-8-25(14-15(18)4-3-13-26)20(27)19-16(21)5-2-6-17(19)22/h2,5-6,15,18,26H,3-4,7-14H2,1H3/t15-,18+/m1/s1. The first-order valence-corrected chi connectivity index (χ1v) is 9.78. The van der Waals surface area contributed by atoms with Crippen molar-refractivity contribution in [3.8, 4) is 0 Å². The van der Waals surface area contributed by atoms with Crippen LogP contribution in [0, 0.1) is 17.6 Å². The summed E-state index contributed by atoms with van der Waals surface area (Å²) in [7, 11) is 2.12. The van der Waals surface area contributed by atoms with Crippen molar-refractivity contribution < 1.29 is 18.7 Å². The minimum atomic E-state index is -0.812. The van der Waals surface area contributed by atoms with Crippen molar-refractivity contribution in [1.82, 2.24) is 14.7 Å². The highest BCUT2D eigenvalue weighted by molar-refractivity contribution is 5.94. The summed E-state index contributed by atoms with van der Waals surface area (Å²) in [5, 5.41) is 9.25. The third-order valence-electron chi connectivity index (χ3n) is 5.90. The Morgan fingerprint density at radius 1 is 1.15 bits per heavy atom. The average molecular weight is 381 g/mol. The highest BCUT2D eigenvalue weighted by Crippen LogP contribution is 2.28. The SMILES string of the molecule is CN1CCN([C@H]2CCN(C(=O)c3c(F)cccc3F)C[C@H]2CCCO)CC1. The van der Waals surface area contributed by atoms with Crippen LogP contribution in [0.5, 0.6) is 0 Å². The molecule has 0 radical (unpaired) electrons. The lowest BCUT2D eigenvalue weighted by molar-refractivity contribution is 0.0214. The molecule has 2 aliphatic rings. The number of likely N-dealkylation sites (N-methyl/N-ethyl adjacent to an activating group) is 1. The lowest BCUT2D eigenvalue weighted by Gasteiger charge is -2.46. The second-order valence-corrected chi connectivity index (χ2v) is 7.67. The fraction of sp³-hybridized carbons (Fsp3) is 0.650. The Hall–Kier alpha value is -1.57. The number of piperidine rings is 1. The summed E-state index contributed by atoms with van der Waals surface area (Å²) < 4.78 is 28.1. The van der Waals surface area contributed by atoms with Crippen LogP contribution in [0.4, 0.5) is 8.78 Å². The predicted octanol–water partition coefficient (Wildman–Crippen LogP) is 1.82. The normalized spacial score (nSPS) is 25.0. The summed E-state index contributed by atoms with van der Waals surface area (Å²) in [6, 6.07) is 3.86. The lowest BCUT2D eigenvalue weighted by Crippen LogP contribution is -2.57. The number of aliphatic hydroxyl groups excluding tert-OH is 1. The van der Waals surface area contributed by atoms with Gasteiger partial charge in [-0.05, 0) is 44.4 Å². The van der Waals surface area contributed by atoms with Gasteiger partial charge in [-0.15, -0.1) is 0 Å². The van der Waals surface area contributed by atoms with E-state index in [2.05, 4.69) is 16.8 Å². The molecule has 2 fully saturated rings. The van der Waals surface area contributed by atoms with Crippen LogP contribution in [-0.4, -0.2) is 84.7 Å². The van der Waals surface area contributed by atoms with Gasteiger partial charge in [-0.1, -0.05) is 6.07 Å². The summed E-state index contributed by atoms with van der Waals surface area (Å²) in [4.78, 5) is 19.1. The Kier molecular flexibility index (Phi) is 6.78. The molecule has 0 unspecified atom stereocenters. The molecule has 1 amide bonds. The first kappa shape index (κ1) is 20.2. The molecule has 27 heavy (non-hydrogen) atoms. The molecule has 1 aromatic carbocycles. The smallest absolute Gasteiger partial charge is 0.259 e. The van der Waals surface area contributed by atoms with Crippen LogP contribution in [-0.2, 0) is 0 Å². The monoisotopic (exact) mass is 381 g/mol. The van der Waals surface area contributed by atoms with Gasteiger partial charge in [0.1, 0.15) is 17.2 Å². The summed E-state index contributed by atoms with van der Waals surface area (Å²) >= 11 is 0. The fourth-order valence-electron chi connectivity index (χ4n) is 4.34. The summed E-state index contributed by atoms with van der Waals surface area (Å²) in [5.74, 6) is -1.99. The van der Waals surface area contributed by atoms with Crippen LogP contribution in [0.25, 0.3) is 0 Å². The van der Waals surface area contributed by atoms with E-state index in [0.29, 0.717) is 25.6 Å². The summed E-state index contributed by atoms with van der Waals surface area (Å²) in [6.45, 7) is 5.11. The molecule has 2 aliphatic heterocycles. The number of nitrogens with zero attached hydrogens (tertiary/aromatic N) is 3. The maximum Gasteiger partial charge on any atom is 0.259 e. The lowest BCUT2D eigenvalue weighted by atomic mass is 9.86. The molecule has 1 aromatic rings. The molecule has 0 aliphatic carbocycles. The molecule has 1 N–H and O–H groups in total. The zero-order valence-corrected chi connectivity index (χ0v) is 15.9. The Morgan fingerprint density at radius 3 is 2.44 bits per heavy atom. The molecule has 0 bridgehead atoms. The molecule has 2 atom stereocenters. The van der Waals surface area contributed by atoms with Crippen LogP contribution in [0.15, 0.2) is 18.2 Å². The first-order chi connectivity index (χ1) is 13.0.